The van der Waals surface area contributed by atoms with E-state index in [-0.39, 0.29) is 10.7 Å². The van der Waals surface area contributed by atoms with Crippen LogP contribution in [0.1, 0.15) is 10.4 Å². The van der Waals surface area contributed by atoms with Gasteiger partial charge in [-0.2, -0.15) is 0 Å². The van der Waals surface area contributed by atoms with Crippen molar-refractivity contribution in [3.05, 3.63) is 52.0 Å². The lowest BCUT2D eigenvalue weighted by Crippen LogP contribution is -2.17. The number of rotatable bonds is 3. The topological polar surface area (TPSA) is 45.2 Å². The molecule has 110 valence electrons. The van der Waals surface area contributed by atoms with Gasteiger partial charge in [-0.1, -0.05) is 23.2 Å². The molecule has 2 rings (SSSR count). The van der Waals surface area contributed by atoms with E-state index in [4.69, 9.17) is 23.2 Å². The third kappa shape index (κ3) is 3.62. The van der Waals surface area contributed by atoms with Crippen LogP contribution in [0.4, 0.5) is 15.8 Å². The normalized spacial score (nSPS) is 10.3. The Labute approximate surface area is 131 Å². The van der Waals surface area contributed by atoms with Crippen LogP contribution in [0.2, 0.25) is 10.2 Å². The summed E-state index contributed by atoms with van der Waals surface area (Å²) < 4.78 is 13.2. The van der Waals surface area contributed by atoms with Crippen molar-refractivity contribution in [3.8, 4) is 0 Å². The molecule has 0 spiro atoms. The molecule has 0 unspecified atom stereocenters. The number of hydrogen-bond donors (Lipinski definition) is 1. The summed E-state index contributed by atoms with van der Waals surface area (Å²) in [6, 6.07) is 6.12. The molecule has 0 aliphatic heterocycles. The first kappa shape index (κ1) is 15.5. The molecule has 0 saturated heterocycles. The van der Waals surface area contributed by atoms with Crippen molar-refractivity contribution in [2.24, 2.45) is 0 Å². The Morgan fingerprint density at radius 3 is 2.67 bits per heavy atom. The van der Waals surface area contributed by atoms with Gasteiger partial charge in [-0.25, -0.2) is 9.37 Å². The van der Waals surface area contributed by atoms with Gasteiger partial charge in [0.25, 0.3) is 5.91 Å². The largest absolute Gasteiger partial charge is 0.376 e. The molecular formula is C14H12Cl2FN3O. The summed E-state index contributed by atoms with van der Waals surface area (Å²) in [5.74, 6) is -1.19. The number of benzene rings is 1. The third-order valence-electron chi connectivity index (χ3n) is 2.74. The molecular weight excluding hydrogens is 316 g/mol. The van der Waals surface area contributed by atoms with Gasteiger partial charge in [0.1, 0.15) is 11.0 Å². The standard InChI is InChI=1S/C14H12Cl2FN3O/c1-20(2)12-4-3-8(15)5-11(12)19-14(21)10-6-9(17)7-18-13(10)16/h3-7H,1-2H3,(H,19,21). The van der Waals surface area contributed by atoms with Crippen molar-refractivity contribution in [2.45, 2.75) is 0 Å². The molecule has 1 aromatic heterocycles. The summed E-state index contributed by atoms with van der Waals surface area (Å²) in [4.78, 5) is 17.6. The van der Waals surface area contributed by atoms with Crippen molar-refractivity contribution in [1.82, 2.24) is 4.98 Å². The zero-order chi connectivity index (χ0) is 15.6. The summed E-state index contributed by atoms with van der Waals surface area (Å²) in [7, 11) is 3.66. The van der Waals surface area contributed by atoms with Gasteiger partial charge >= 0.3 is 0 Å². The van der Waals surface area contributed by atoms with Gasteiger partial charge in [-0.05, 0) is 24.3 Å². The minimum atomic E-state index is -0.636. The van der Waals surface area contributed by atoms with E-state index in [9.17, 15) is 9.18 Å². The van der Waals surface area contributed by atoms with Crippen molar-refractivity contribution in [3.63, 3.8) is 0 Å². The average Bonchev–Trinajstić information content (AvgIpc) is 2.41. The predicted octanol–water partition coefficient (Wildman–Crippen LogP) is 3.85. The summed E-state index contributed by atoms with van der Waals surface area (Å²) in [6.07, 6.45) is 0.948. The average molecular weight is 328 g/mol. The Morgan fingerprint density at radius 2 is 2.00 bits per heavy atom. The number of aromatic nitrogens is 1. The zero-order valence-corrected chi connectivity index (χ0v) is 12.8. The Morgan fingerprint density at radius 1 is 1.29 bits per heavy atom. The number of anilines is 2. The molecule has 2 aromatic rings. The van der Waals surface area contributed by atoms with Crippen LogP contribution >= 0.6 is 23.2 Å². The first-order valence-electron chi connectivity index (χ1n) is 5.97. The molecule has 21 heavy (non-hydrogen) atoms. The summed E-state index contributed by atoms with van der Waals surface area (Å²) in [6.45, 7) is 0. The second kappa shape index (κ2) is 6.28. The predicted molar refractivity (Wildman–Crippen MR) is 82.9 cm³/mol. The van der Waals surface area contributed by atoms with Crippen LogP contribution in [0.5, 0.6) is 0 Å². The maximum atomic E-state index is 13.2. The number of carbonyl (C=O) groups excluding carboxylic acids is 1. The van der Waals surface area contributed by atoms with Crippen LogP contribution in [0, 0.1) is 5.82 Å². The fourth-order valence-electron chi connectivity index (χ4n) is 1.77. The summed E-state index contributed by atoms with van der Waals surface area (Å²) in [5.41, 5.74) is 1.22. The first-order chi connectivity index (χ1) is 9.88. The van der Waals surface area contributed by atoms with Gasteiger partial charge in [0, 0.05) is 19.1 Å². The molecule has 0 fully saturated rings. The number of nitrogens with zero attached hydrogens (tertiary/aromatic N) is 2. The van der Waals surface area contributed by atoms with Crippen molar-refractivity contribution in [2.75, 3.05) is 24.3 Å². The molecule has 7 heteroatoms. The highest BCUT2D eigenvalue weighted by atomic mass is 35.5. The molecule has 0 radical (unpaired) electrons. The van der Waals surface area contributed by atoms with Gasteiger partial charge in [-0.3, -0.25) is 4.79 Å². The SMILES string of the molecule is CN(C)c1ccc(Cl)cc1NC(=O)c1cc(F)cnc1Cl. The van der Waals surface area contributed by atoms with Crippen molar-refractivity contribution < 1.29 is 9.18 Å². The van der Waals surface area contributed by atoms with E-state index in [0.717, 1.165) is 18.0 Å². The fourth-order valence-corrected chi connectivity index (χ4v) is 2.13. The summed E-state index contributed by atoms with van der Waals surface area (Å²) >= 11 is 11.8. The molecule has 4 nitrogen and oxygen atoms in total. The van der Waals surface area contributed by atoms with Crippen molar-refractivity contribution >= 4 is 40.5 Å². The number of pyridine rings is 1. The Kier molecular flexibility index (Phi) is 4.65. The molecule has 1 amide bonds. The third-order valence-corrected chi connectivity index (χ3v) is 3.28. The highest BCUT2D eigenvalue weighted by Gasteiger charge is 2.15. The van der Waals surface area contributed by atoms with Crippen LogP contribution in [0.3, 0.4) is 0 Å². The fraction of sp³-hybridized carbons (Fsp3) is 0.143. The van der Waals surface area contributed by atoms with E-state index in [0.29, 0.717) is 10.7 Å². The first-order valence-corrected chi connectivity index (χ1v) is 6.73. The smallest absolute Gasteiger partial charge is 0.258 e. The van der Waals surface area contributed by atoms with Gasteiger partial charge < -0.3 is 10.2 Å². The van der Waals surface area contributed by atoms with E-state index in [1.165, 1.54) is 0 Å². The molecule has 0 aliphatic rings. The zero-order valence-electron chi connectivity index (χ0n) is 11.3. The quantitative estimate of drug-likeness (QED) is 0.871. The highest BCUT2D eigenvalue weighted by Crippen LogP contribution is 2.28. The van der Waals surface area contributed by atoms with Crippen LogP contribution in [-0.4, -0.2) is 25.0 Å². The molecule has 0 aliphatic carbocycles. The molecule has 1 aromatic carbocycles. The van der Waals surface area contributed by atoms with E-state index in [2.05, 4.69) is 10.3 Å². The molecule has 0 atom stereocenters. The Hall–Kier alpha value is -1.85. The number of hydrogen-bond acceptors (Lipinski definition) is 3. The number of halogens is 3. The lowest BCUT2D eigenvalue weighted by molar-refractivity contribution is 0.102. The van der Waals surface area contributed by atoms with Crippen LogP contribution in [0.15, 0.2) is 30.5 Å². The van der Waals surface area contributed by atoms with Crippen LogP contribution in [-0.2, 0) is 0 Å². The minimum Gasteiger partial charge on any atom is -0.376 e. The van der Waals surface area contributed by atoms with Gasteiger partial charge in [-0.15, -0.1) is 0 Å². The Balaban J connectivity index is 2.35. The monoisotopic (exact) mass is 327 g/mol. The van der Waals surface area contributed by atoms with E-state index < -0.39 is 11.7 Å². The number of nitrogens with one attached hydrogen (secondary N) is 1. The van der Waals surface area contributed by atoms with Crippen LogP contribution in [0.25, 0.3) is 0 Å². The van der Waals surface area contributed by atoms with Gasteiger partial charge in [0.15, 0.2) is 0 Å². The maximum Gasteiger partial charge on any atom is 0.258 e. The number of carbonyl (C=O) groups is 1. The van der Waals surface area contributed by atoms with E-state index in [1.807, 2.05) is 19.0 Å². The van der Waals surface area contributed by atoms with Gasteiger partial charge in [0.05, 0.1) is 23.1 Å². The molecule has 0 bridgehead atoms. The molecule has 0 saturated carbocycles. The molecule has 1 heterocycles. The van der Waals surface area contributed by atoms with E-state index >= 15 is 0 Å². The summed E-state index contributed by atoms with van der Waals surface area (Å²) in [5, 5.41) is 3.07. The van der Waals surface area contributed by atoms with Crippen LogP contribution < -0.4 is 10.2 Å². The van der Waals surface area contributed by atoms with Crippen molar-refractivity contribution in [1.29, 1.82) is 0 Å². The lowest BCUT2D eigenvalue weighted by atomic mass is 10.2. The molecule has 1 N–H and O–H groups in total. The maximum absolute atomic E-state index is 13.2. The minimum absolute atomic E-state index is 0.0404. The highest BCUT2D eigenvalue weighted by molar-refractivity contribution is 6.33. The Bertz CT molecular complexity index is 692. The second-order valence-corrected chi connectivity index (χ2v) is 5.30. The lowest BCUT2D eigenvalue weighted by Gasteiger charge is -2.18. The van der Waals surface area contributed by atoms with Gasteiger partial charge in [0.2, 0.25) is 0 Å². The van der Waals surface area contributed by atoms with E-state index in [1.54, 1.807) is 18.2 Å². The second-order valence-electron chi connectivity index (χ2n) is 4.50. The number of amides is 1.